The molecule has 4 rings (SSSR count). The predicted molar refractivity (Wildman–Crippen MR) is 113 cm³/mol. The lowest BCUT2D eigenvalue weighted by Gasteiger charge is -2.10. The zero-order valence-electron chi connectivity index (χ0n) is 14.9. The molecular weight excluding hydrogens is 392 g/mol. The van der Waals surface area contributed by atoms with Crippen molar-refractivity contribution in [3.8, 4) is 10.6 Å². The van der Waals surface area contributed by atoms with Crippen molar-refractivity contribution in [2.45, 2.75) is 13.3 Å². The zero-order valence-corrected chi connectivity index (χ0v) is 16.5. The minimum atomic E-state index is -0.163. The molecule has 2 aromatic carbocycles. The van der Waals surface area contributed by atoms with Crippen LogP contribution in [0.5, 0.6) is 0 Å². The normalized spacial score (nSPS) is 10.8. The van der Waals surface area contributed by atoms with Gasteiger partial charge in [0, 0.05) is 11.3 Å². The van der Waals surface area contributed by atoms with Gasteiger partial charge in [-0.3, -0.25) is 4.79 Å². The summed E-state index contributed by atoms with van der Waals surface area (Å²) in [6, 6.07) is 17.2. The number of carbonyl (C=O) groups is 1. The monoisotopic (exact) mass is 408 g/mol. The van der Waals surface area contributed by atoms with Crippen molar-refractivity contribution in [3.63, 3.8) is 0 Å². The maximum Gasteiger partial charge on any atom is 0.234 e. The van der Waals surface area contributed by atoms with Crippen LogP contribution in [-0.4, -0.2) is 30.8 Å². The van der Waals surface area contributed by atoms with Crippen molar-refractivity contribution in [1.82, 2.24) is 25.1 Å². The summed E-state index contributed by atoms with van der Waals surface area (Å²) in [4.78, 5) is 12.9. The van der Waals surface area contributed by atoms with Gasteiger partial charge in [0.1, 0.15) is 5.01 Å². The highest BCUT2D eigenvalue weighted by molar-refractivity contribution is 7.80. The molecule has 0 unspecified atom stereocenters. The number of aryl methyl sites for hydroxylation is 1. The van der Waals surface area contributed by atoms with Gasteiger partial charge in [0.2, 0.25) is 10.9 Å². The van der Waals surface area contributed by atoms with Crippen LogP contribution >= 0.6 is 23.6 Å². The molecule has 0 aliphatic carbocycles. The SMILES string of the molecule is Cc1nnc2sc(-c3cccc(NC(=S)NC(=O)Cc4ccccc4)c3)nn12. The molecule has 0 radical (unpaired) electrons. The first kappa shape index (κ1) is 18.2. The third kappa shape index (κ3) is 4.05. The van der Waals surface area contributed by atoms with Crippen LogP contribution in [0.2, 0.25) is 0 Å². The third-order valence-corrected chi connectivity index (χ3v) is 5.13. The van der Waals surface area contributed by atoms with Gasteiger partial charge in [0.15, 0.2) is 10.9 Å². The number of carbonyl (C=O) groups excluding carboxylic acids is 1. The minimum absolute atomic E-state index is 0.163. The van der Waals surface area contributed by atoms with Crippen LogP contribution in [0.3, 0.4) is 0 Å². The van der Waals surface area contributed by atoms with Crippen molar-refractivity contribution in [2.24, 2.45) is 0 Å². The van der Waals surface area contributed by atoms with Crippen LogP contribution in [-0.2, 0) is 11.2 Å². The molecule has 0 saturated carbocycles. The first-order valence-corrected chi connectivity index (χ1v) is 9.75. The first-order chi connectivity index (χ1) is 13.6. The van der Waals surface area contributed by atoms with Crippen LogP contribution in [0.15, 0.2) is 54.6 Å². The Kier molecular flexibility index (Phi) is 5.09. The summed E-state index contributed by atoms with van der Waals surface area (Å²) in [5, 5.41) is 19.5. The van der Waals surface area contributed by atoms with E-state index >= 15 is 0 Å². The fraction of sp³-hybridized carbons (Fsp3) is 0.105. The Labute approximate surface area is 170 Å². The van der Waals surface area contributed by atoms with Gasteiger partial charge < -0.3 is 10.6 Å². The van der Waals surface area contributed by atoms with Gasteiger partial charge in [-0.1, -0.05) is 53.8 Å². The first-order valence-electron chi connectivity index (χ1n) is 8.52. The highest BCUT2D eigenvalue weighted by Crippen LogP contribution is 2.27. The molecule has 0 spiro atoms. The lowest BCUT2D eigenvalue weighted by Crippen LogP contribution is -2.35. The molecule has 9 heteroatoms. The van der Waals surface area contributed by atoms with E-state index in [0.29, 0.717) is 0 Å². The van der Waals surface area contributed by atoms with E-state index in [2.05, 4.69) is 25.9 Å². The van der Waals surface area contributed by atoms with Gasteiger partial charge in [0.05, 0.1) is 6.42 Å². The summed E-state index contributed by atoms with van der Waals surface area (Å²) in [7, 11) is 0. The fourth-order valence-corrected chi connectivity index (χ4v) is 3.79. The Bertz CT molecular complexity index is 1150. The highest BCUT2D eigenvalue weighted by atomic mass is 32.1. The molecule has 0 atom stereocenters. The summed E-state index contributed by atoms with van der Waals surface area (Å²) in [6.07, 6.45) is 0.273. The second kappa shape index (κ2) is 7.83. The quantitative estimate of drug-likeness (QED) is 0.505. The van der Waals surface area contributed by atoms with Crippen molar-refractivity contribution >= 4 is 45.2 Å². The van der Waals surface area contributed by atoms with E-state index < -0.39 is 0 Å². The number of rotatable bonds is 4. The van der Waals surface area contributed by atoms with E-state index in [1.54, 1.807) is 4.52 Å². The minimum Gasteiger partial charge on any atom is -0.332 e. The number of fused-ring (bicyclic) bond motifs is 1. The Hall–Kier alpha value is -3.17. The third-order valence-electron chi connectivity index (χ3n) is 3.97. The Morgan fingerprint density at radius 1 is 1.14 bits per heavy atom. The molecular formula is C19H16N6OS2. The zero-order chi connectivity index (χ0) is 19.5. The summed E-state index contributed by atoms with van der Waals surface area (Å²) in [5.41, 5.74) is 2.63. The van der Waals surface area contributed by atoms with E-state index in [9.17, 15) is 4.79 Å². The van der Waals surface area contributed by atoms with Gasteiger partial charge in [-0.25, -0.2) is 0 Å². The fourth-order valence-electron chi connectivity index (χ4n) is 2.68. The molecule has 0 saturated heterocycles. The smallest absolute Gasteiger partial charge is 0.234 e. The molecule has 0 aliphatic rings. The average molecular weight is 409 g/mol. The summed E-state index contributed by atoms with van der Waals surface area (Å²) in [5.74, 6) is 0.582. The number of anilines is 1. The van der Waals surface area contributed by atoms with Crippen LogP contribution in [0.1, 0.15) is 11.4 Å². The largest absolute Gasteiger partial charge is 0.332 e. The van der Waals surface area contributed by atoms with Crippen LogP contribution in [0, 0.1) is 6.92 Å². The van der Waals surface area contributed by atoms with Crippen molar-refractivity contribution < 1.29 is 4.79 Å². The van der Waals surface area contributed by atoms with E-state index in [0.717, 1.165) is 32.6 Å². The predicted octanol–water partition coefficient (Wildman–Crippen LogP) is 3.22. The number of aromatic nitrogens is 4. The Balaban J connectivity index is 1.42. The number of nitrogens with one attached hydrogen (secondary N) is 2. The van der Waals surface area contributed by atoms with E-state index in [4.69, 9.17) is 12.2 Å². The summed E-state index contributed by atoms with van der Waals surface area (Å²) < 4.78 is 1.72. The maximum absolute atomic E-state index is 12.1. The lowest BCUT2D eigenvalue weighted by atomic mass is 10.1. The van der Waals surface area contributed by atoms with Gasteiger partial charge in [-0.2, -0.15) is 9.61 Å². The number of nitrogens with zero attached hydrogens (tertiary/aromatic N) is 4. The number of hydrogen-bond donors (Lipinski definition) is 2. The number of hydrogen-bond acceptors (Lipinski definition) is 6. The topological polar surface area (TPSA) is 84.2 Å². The van der Waals surface area contributed by atoms with E-state index in [1.807, 2.05) is 61.5 Å². The van der Waals surface area contributed by atoms with Gasteiger partial charge in [0.25, 0.3) is 0 Å². The maximum atomic E-state index is 12.1. The molecule has 1 amide bonds. The van der Waals surface area contributed by atoms with E-state index in [-0.39, 0.29) is 17.4 Å². The van der Waals surface area contributed by atoms with Gasteiger partial charge in [-0.05, 0) is 36.8 Å². The lowest BCUT2D eigenvalue weighted by molar-refractivity contribution is -0.119. The molecule has 28 heavy (non-hydrogen) atoms. The number of benzene rings is 2. The van der Waals surface area contributed by atoms with Gasteiger partial charge >= 0.3 is 0 Å². The molecule has 0 aliphatic heterocycles. The van der Waals surface area contributed by atoms with Crippen molar-refractivity contribution in [3.05, 3.63) is 66.0 Å². The standard InChI is InChI=1S/C19H16N6OS2/c1-12-22-23-19-25(12)24-17(28-19)14-8-5-9-15(11-14)20-18(27)21-16(26)10-13-6-3-2-4-7-13/h2-9,11H,10H2,1H3,(H2,20,21,26,27). The molecule has 0 fully saturated rings. The second-order valence-corrected chi connectivity index (χ2v) is 7.46. The molecule has 4 aromatic rings. The molecule has 7 nitrogen and oxygen atoms in total. The van der Waals surface area contributed by atoms with E-state index in [1.165, 1.54) is 11.3 Å². The Morgan fingerprint density at radius 2 is 1.96 bits per heavy atom. The summed E-state index contributed by atoms with van der Waals surface area (Å²) in [6.45, 7) is 1.86. The average Bonchev–Trinajstić information content (AvgIpc) is 3.25. The molecule has 140 valence electrons. The summed E-state index contributed by atoms with van der Waals surface area (Å²) >= 11 is 6.72. The molecule has 2 aromatic heterocycles. The van der Waals surface area contributed by atoms with Crippen molar-refractivity contribution in [2.75, 3.05) is 5.32 Å². The number of thiocarbonyl (C=S) groups is 1. The van der Waals surface area contributed by atoms with Crippen molar-refractivity contribution in [1.29, 1.82) is 0 Å². The second-order valence-electron chi connectivity index (χ2n) is 6.09. The molecule has 0 bridgehead atoms. The Morgan fingerprint density at radius 3 is 2.75 bits per heavy atom. The van der Waals surface area contributed by atoms with Crippen LogP contribution in [0.4, 0.5) is 5.69 Å². The molecule has 2 N–H and O–H groups in total. The van der Waals surface area contributed by atoms with Crippen LogP contribution in [0.25, 0.3) is 15.5 Å². The number of amides is 1. The van der Waals surface area contributed by atoms with Crippen LogP contribution < -0.4 is 10.6 Å². The molecule has 2 heterocycles. The highest BCUT2D eigenvalue weighted by Gasteiger charge is 2.11. The van der Waals surface area contributed by atoms with Gasteiger partial charge in [-0.15, -0.1) is 10.2 Å².